The predicted octanol–water partition coefficient (Wildman–Crippen LogP) is 3.85. The molecule has 22 heavy (non-hydrogen) atoms. The van der Waals surface area contributed by atoms with Crippen LogP contribution in [0, 0.1) is 45.8 Å². The average molecular weight is 306 g/mol. The summed E-state index contributed by atoms with van der Waals surface area (Å²) in [7, 11) is 0. The fourth-order valence-electron chi connectivity index (χ4n) is 7.26. The topological polar surface area (TPSA) is 40.5 Å². The van der Waals surface area contributed by atoms with Gasteiger partial charge in [-0.05, 0) is 77.9 Å². The Kier molecular flexibility index (Phi) is 3.02. The van der Waals surface area contributed by atoms with Gasteiger partial charge in [-0.1, -0.05) is 34.6 Å². The highest BCUT2D eigenvalue weighted by Gasteiger charge is 2.72. The first kappa shape index (κ1) is 15.4. The van der Waals surface area contributed by atoms with Gasteiger partial charge in [-0.25, -0.2) is 0 Å². The van der Waals surface area contributed by atoms with Crippen molar-refractivity contribution in [2.45, 2.75) is 78.9 Å². The summed E-state index contributed by atoms with van der Waals surface area (Å²) in [6, 6.07) is 0. The van der Waals surface area contributed by atoms with Crippen LogP contribution >= 0.6 is 0 Å². The fourth-order valence-corrected chi connectivity index (χ4v) is 7.26. The number of rotatable bonds is 1. The Morgan fingerprint density at radius 3 is 2.18 bits per heavy atom. The van der Waals surface area contributed by atoms with E-state index in [0.717, 1.165) is 18.8 Å². The molecule has 0 aromatic carbocycles. The van der Waals surface area contributed by atoms with Crippen LogP contribution in [0.3, 0.4) is 0 Å². The normalized spacial score (nSPS) is 63.3. The molecule has 4 aliphatic rings. The molecular weight excluding hydrogens is 272 g/mol. The summed E-state index contributed by atoms with van der Waals surface area (Å²) in [4.78, 5) is 0. The lowest BCUT2D eigenvalue weighted by Crippen LogP contribution is -2.61. The van der Waals surface area contributed by atoms with Gasteiger partial charge in [0.1, 0.15) is 0 Å². The summed E-state index contributed by atoms with van der Waals surface area (Å²) >= 11 is 0. The molecule has 2 heteroatoms. The second-order valence-corrected chi connectivity index (χ2v) is 10.4. The zero-order chi connectivity index (χ0) is 16.1. The lowest BCUT2D eigenvalue weighted by molar-refractivity contribution is -0.199. The van der Waals surface area contributed by atoms with E-state index in [0.29, 0.717) is 23.7 Å². The standard InChI is InChI=1S/C20H34O2/c1-11(2)13-6-7-18(3)10-14(21)20(5)9-12-8-19(12,4)17(22)16(20)15(13)18/h11-17,21-22H,6-10H2,1-5H3. The van der Waals surface area contributed by atoms with Gasteiger partial charge in [0.15, 0.2) is 0 Å². The van der Waals surface area contributed by atoms with Gasteiger partial charge in [-0.15, -0.1) is 0 Å². The zero-order valence-electron chi connectivity index (χ0n) is 15.0. The van der Waals surface area contributed by atoms with Crippen LogP contribution < -0.4 is 0 Å². The molecule has 9 unspecified atom stereocenters. The second kappa shape index (κ2) is 4.30. The Morgan fingerprint density at radius 2 is 1.55 bits per heavy atom. The van der Waals surface area contributed by atoms with Crippen LogP contribution in [0.15, 0.2) is 0 Å². The summed E-state index contributed by atoms with van der Waals surface area (Å²) in [5.74, 6) is 2.93. The van der Waals surface area contributed by atoms with Crippen molar-refractivity contribution in [1.29, 1.82) is 0 Å². The number of fused-ring (bicyclic) bond motifs is 4. The third-order valence-electron chi connectivity index (χ3n) is 8.90. The lowest BCUT2D eigenvalue weighted by Gasteiger charge is -2.61. The van der Waals surface area contributed by atoms with Crippen LogP contribution in [0.2, 0.25) is 0 Å². The van der Waals surface area contributed by atoms with Crippen LogP contribution in [0.1, 0.15) is 66.7 Å². The highest BCUT2D eigenvalue weighted by molar-refractivity contribution is 5.21. The molecular formula is C20H34O2. The maximum Gasteiger partial charge on any atom is 0.0633 e. The number of aliphatic hydroxyl groups is 2. The number of hydrogen-bond donors (Lipinski definition) is 2. The fraction of sp³-hybridized carbons (Fsp3) is 1.00. The molecule has 4 fully saturated rings. The van der Waals surface area contributed by atoms with Gasteiger partial charge in [-0.3, -0.25) is 0 Å². The van der Waals surface area contributed by atoms with Crippen molar-refractivity contribution < 1.29 is 10.2 Å². The monoisotopic (exact) mass is 306 g/mol. The number of hydrogen-bond acceptors (Lipinski definition) is 2. The van der Waals surface area contributed by atoms with Crippen molar-refractivity contribution in [3.8, 4) is 0 Å². The average Bonchev–Trinajstić information content (AvgIpc) is 2.94. The van der Waals surface area contributed by atoms with Gasteiger partial charge >= 0.3 is 0 Å². The van der Waals surface area contributed by atoms with E-state index in [1.54, 1.807) is 0 Å². The molecule has 0 aromatic rings. The third-order valence-corrected chi connectivity index (χ3v) is 8.90. The summed E-state index contributed by atoms with van der Waals surface area (Å²) in [6.45, 7) is 11.7. The van der Waals surface area contributed by atoms with Crippen molar-refractivity contribution in [1.82, 2.24) is 0 Å². The molecule has 0 amide bonds. The summed E-state index contributed by atoms with van der Waals surface area (Å²) in [5, 5.41) is 22.3. The van der Waals surface area contributed by atoms with E-state index in [1.165, 1.54) is 19.3 Å². The van der Waals surface area contributed by atoms with E-state index in [2.05, 4.69) is 34.6 Å². The molecule has 9 atom stereocenters. The Balaban J connectivity index is 1.80. The summed E-state index contributed by atoms with van der Waals surface area (Å²) < 4.78 is 0. The van der Waals surface area contributed by atoms with E-state index < -0.39 is 0 Å². The molecule has 0 bridgehead atoms. The minimum atomic E-state index is -0.232. The second-order valence-electron chi connectivity index (χ2n) is 10.4. The molecule has 0 saturated heterocycles. The van der Waals surface area contributed by atoms with Gasteiger partial charge < -0.3 is 10.2 Å². The molecule has 0 heterocycles. The quantitative estimate of drug-likeness (QED) is 0.772. The van der Waals surface area contributed by atoms with E-state index in [9.17, 15) is 10.2 Å². The molecule has 4 rings (SSSR count). The summed E-state index contributed by atoms with van der Waals surface area (Å²) in [6.07, 6.45) is 5.32. The Bertz CT molecular complexity index is 488. The van der Waals surface area contributed by atoms with E-state index in [4.69, 9.17) is 0 Å². The smallest absolute Gasteiger partial charge is 0.0633 e. The molecule has 126 valence electrons. The molecule has 2 N–H and O–H groups in total. The van der Waals surface area contributed by atoms with Crippen LogP contribution in [-0.4, -0.2) is 22.4 Å². The van der Waals surface area contributed by atoms with Crippen LogP contribution in [0.4, 0.5) is 0 Å². The predicted molar refractivity (Wildman–Crippen MR) is 88.2 cm³/mol. The van der Waals surface area contributed by atoms with Crippen molar-refractivity contribution in [2.75, 3.05) is 0 Å². The van der Waals surface area contributed by atoms with E-state index in [-0.39, 0.29) is 28.5 Å². The Labute approximate surface area is 135 Å². The molecule has 0 aromatic heterocycles. The maximum atomic E-state index is 11.3. The highest BCUT2D eigenvalue weighted by Crippen LogP contribution is 2.74. The van der Waals surface area contributed by atoms with Gasteiger partial charge in [0.25, 0.3) is 0 Å². The first-order valence-electron chi connectivity index (χ1n) is 9.50. The maximum absolute atomic E-state index is 11.3. The minimum Gasteiger partial charge on any atom is -0.393 e. The minimum absolute atomic E-state index is 0.0677. The molecule has 0 spiro atoms. The lowest BCUT2D eigenvalue weighted by atomic mass is 9.46. The van der Waals surface area contributed by atoms with Crippen LogP contribution in [0.25, 0.3) is 0 Å². The molecule has 2 nitrogen and oxygen atoms in total. The molecule has 0 radical (unpaired) electrons. The first-order chi connectivity index (χ1) is 10.1. The van der Waals surface area contributed by atoms with Crippen LogP contribution in [-0.2, 0) is 0 Å². The van der Waals surface area contributed by atoms with Crippen molar-refractivity contribution in [2.24, 2.45) is 45.8 Å². The largest absolute Gasteiger partial charge is 0.393 e. The highest BCUT2D eigenvalue weighted by atomic mass is 16.3. The third kappa shape index (κ3) is 1.69. The first-order valence-corrected chi connectivity index (χ1v) is 9.50. The molecule has 4 saturated carbocycles. The van der Waals surface area contributed by atoms with E-state index >= 15 is 0 Å². The zero-order valence-corrected chi connectivity index (χ0v) is 15.0. The van der Waals surface area contributed by atoms with Crippen molar-refractivity contribution in [3.05, 3.63) is 0 Å². The van der Waals surface area contributed by atoms with Crippen LogP contribution in [0.5, 0.6) is 0 Å². The Morgan fingerprint density at radius 1 is 0.909 bits per heavy atom. The van der Waals surface area contributed by atoms with Gasteiger partial charge in [0, 0.05) is 0 Å². The SMILES string of the molecule is CC(C)C1CCC2(C)CC(O)C3(C)CC4CC4(C)C(O)C3C12. The van der Waals surface area contributed by atoms with E-state index in [1.807, 2.05) is 0 Å². The molecule has 0 aliphatic heterocycles. The number of aliphatic hydroxyl groups excluding tert-OH is 2. The van der Waals surface area contributed by atoms with Gasteiger partial charge in [0.05, 0.1) is 12.2 Å². The van der Waals surface area contributed by atoms with Gasteiger partial charge in [0.2, 0.25) is 0 Å². The van der Waals surface area contributed by atoms with Gasteiger partial charge in [-0.2, -0.15) is 0 Å². The van der Waals surface area contributed by atoms with Crippen molar-refractivity contribution >= 4 is 0 Å². The Hall–Kier alpha value is -0.0800. The molecule has 4 aliphatic carbocycles. The van der Waals surface area contributed by atoms with Crippen molar-refractivity contribution in [3.63, 3.8) is 0 Å². The summed E-state index contributed by atoms with van der Waals surface area (Å²) in [5.41, 5.74) is 0.311.